The average molecular weight is 329 g/mol. The molecular formula is C14H21BrN2O2. The van der Waals surface area contributed by atoms with Crippen molar-refractivity contribution in [1.29, 1.82) is 0 Å². The number of hydrogen-bond donors (Lipinski definition) is 1. The largest absolute Gasteiger partial charge is 0.380 e. The summed E-state index contributed by atoms with van der Waals surface area (Å²) in [5.74, 6) is 0.0643. The Labute approximate surface area is 123 Å². The number of likely N-dealkylation sites (N-methyl/N-ethyl adjacent to an activating group) is 1. The number of amides is 1. The number of carbonyl (C=O) groups excluding carboxylic acids is 1. The molecule has 4 nitrogen and oxygen atoms in total. The summed E-state index contributed by atoms with van der Waals surface area (Å²) in [5.41, 5.74) is 6.72. The number of halogens is 1. The van der Waals surface area contributed by atoms with Gasteiger partial charge in [0.2, 0.25) is 5.91 Å². The summed E-state index contributed by atoms with van der Waals surface area (Å²) in [7, 11) is 3.39. The van der Waals surface area contributed by atoms with Crippen molar-refractivity contribution < 1.29 is 9.53 Å². The monoisotopic (exact) mass is 328 g/mol. The molecule has 0 spiro atoms. The predicted molar refractivity (Wildman–Crippen MR) is 80.0 cm³/mol. The van der Waals surface area contributed by atoms with Crippen molar-refractivity contribution in [2.45, 2.75) is 18.9 Å². The van der Waals surface area contributed by atoms with Crippen molar-refractivity contribution in [3.63, 3.8) is 0 Å². The number of benzene rings is 1. The summed E-state index contributed by atoms with van der Waals surface area (Å²) in [5, 5.41) is 0. The minimum atomic E-state index is -0.192. The van der Waals surface area contributed by atoms with E-state index in [-0.39, 0.29) is 12.0 Å². The van der Waals surface area contributed by atoms with E-state index < -0.39 is 0 Å². The quantitative estimate of drug-likeness (QED) is 0.830. The van der Waals surface area contributed by atoms with Crippen molar-refractivity contribution in [2.75, 3.05) is 27.2 Å². The van der Waals surface area contributed by atoms with Crippen molar-refractivity contribution in [2.24, 2.45) is 5.73 Å². The molecule has 0 heterocycles. The highest BCUT2D eigenvalue weighted by molar-refractivity contribution is 9.10. The van der Waals surface area contributed by atoms with Gasteiger partial charge >= 0.3 is 0 Å². The third-order valence-electron chi connectivity index (χ3n) is 3.07. The second-order valence-electron chi connectivity index (χ2n) is 4.49. The summed E-state index contributed by atoms with van der Waals surface area (Å²) in [6.45, 7) is 1.06. The Bertz CT molecular complexity index is 391. The van der Waals surface area contributed by atoms with Crippen LogP contribution >= 0.6 is 15.9 Å². The van der Waals surface area contributed by atoms with Crippen LogP contribution in [0.5, 0.6) is 0 Å². The van der Waals surface area contributed by atoms with E-state index in [2.05, 4.69) is 28.1 Å². The Hall–Kier alpha value is -0.910. The van der Waals surface area contributed by atoms with E-state index in [0.29, 0.717) is 19.5 Å². The second-order valence-corrected chi connectivity index (χ2v) is 5.40. The molecule has 0 bridgehead atoms. The zero-order chi connectivity index (χ0) is 14.3. The Morgan fingerprint density at radius 2 is 2.05 bits per heavy atom. The molecule has 0 fully saturated rings. The summed E-state index contributed by atoms with van der Waals surface area (Å²) in [6, 6.07) is 8.12. The van der Waals surface area contributed by atoms with Gasteiger partial charge in [0.1, 0.15) is 0 Å². The van der Waals surface area contributed by atoms with Gasteiger partial charge in [0.05, 0.1) is 12.5 Å². The number of nitrogens with zero attached hydrogens (tertiary/aromatic N) is 1. The first kappa shape index (κ1) is 16.1. The number of methoxy groups -OCH3 is 1. The molecule has 1 amide bonds. The minimum Gasteiger partial charge on any atom is -0.380 e. The molecule has 0 radical (unpaired) electrons. The highest BCUT2D eigenvalue weighted by Crippen LogP contribution is 2.11. The smallest absolute Gasteiger partial charge is 0.224 e. The van der Waals surface area contributed by atoms with E-state index in [1.165, 1.54) is 5.56 Å². The first-order valence-corrected chi connectivity index (χ1v) is 7.07. The summed E-state index contributed by atoms with van der Waals surface area (Å²) < 4.78 is 6.18. The standard InChI is InChI=1S/C14H21BrN2O2/c1-17(14(18)9-13(10-16)19-2)8-7-11-3-5-12(15)6-4-11/h3-6,13H,7-10,16H2,1-2H3. The normalized spacial score (nSPS) is 12.2. The first-order valence-electron chi connectivity index (χ1n) is 6.28. The molecule has 1 unspecified atom stereocenters. The van der Waals surface area contributed by atoms with Crippen LogP contribution in [0.15, 0.2) is 28.7 Å². The van der Waals surface area contributed by atoms with Crippen LogP contribution in [-0.2, 0) is 16.0 Å². The molecule has 0 saturated heterocycles. The van der Waals surface area contributed by atoms with Crippen molar-refractivity contribution >= 4 is 21.8 Å². The zero-order valence-corrected chi connectivity index (χ0v) is 13.0. The summed E-state index contributed by atoms with van der Waals surface area (Å²) >= 11 is 3.40. The lowest BCUT2D eigenvalue weighted by Gasteiger charge is -2.20. The zero-order valence-electron chi connectivity index (χ0n) is 11.4. The van der Waals surface area contributed by atoms with Gasteiger partial charge in [0, 0.05) is 31.7 Å². The van der Waals surface area contributed by atoms with Gasteiger partial charge in [-0.3, -0.25) is 4.79 Å². The molecule has 1 aromatic carbocycles. The van der Waals surface area contributed by atoms with Gasteiger partial charge in [-0.1, -0.05) is 28.1 Å². The fourth-order valence-corrected chi connectivity index (χ4v) is 1.95. The topological polar surface area (TPSA) is 55.6 Å². The van der Waals surface area contributed by atoms with E-state index in [1.54, 1.807) is 12.0 Å². The van der Waals surface area contributed by atoms with Crippen LogP contribution in [0.1, 0.15) is 12.0 Å². The van der Waals surface area contributed by atoms with Gasteiger partial charge in [0.15, 0.2) is 0 Å². The lowest BCUT2D eigenvalue weighted by Crippen LogP contribution is -2.34. The fraction of sp³-hybridized carbons (Fsp3) is 0.500. The van der Waals surface area contributed by atoms with Crippen LogP contribution in [0, 0.1) is 0 Å². The van der Waals surface area contributed by atoms with Crippen LogP contribution in [0.25, 0.3) is 0 Å². The van der Waals surface area contributed by atoms with Gasteiger partial charge in [-0.25, -0.2) is 0 Å². The predicted octanol–water partition coefficient (Wildman–Crippen LogP) is 1.81. The van der Waals surface area contributed by atoms with Crippen molar-refractivity contribution in [3.8, 4) is 0 Å². The van der Waals surface area contributed by atoms with Crippen LogP contribution in [-0.4, -0.2) is 44.2 Å². The van der Waals surface area contributed by atoms with Gasteiger partial charge < -0.3 is 15.4 Å². The first-order chi connectivity index (χ1) is 9.06. The van der Waals surface area contributed by atoms with Crippen LogP contribution in [0.4, 0.5) is 0 Å². The highest BCUT2D eigenvalue weighted by atomic mass is 79.9. The van der Waals surface area contributed by atoms with Gasteiger partial charge in [-0.15, -0.1) is 0 Å². The molecule has 0 aromatic heterocycles. The van der Waals surface area contributed by atoms with Gasteiger partial charge in [-0.2, -0.15) is 0 Å². The third kappa shape index (κ3) is 5.72. The Morgan fingerprint density at radius 3 is 2.58 bits per heavy atom. The molecule has 0 aliphatic carbocycles. The fourth-order valence-electron chi connectivity index (χ4n) is 1.69. The lowest BCUT2D eigenvalue weighted by molar-refractivity contribution is -0.132. The number of nitrogens with two attached hydrogens (primary N) is 1. The van der Waals surface area contributed by atoms with E-state index >= 15 is 0 Å². The summed E-state index contributed by atoms with van der Waals surface area (Å²) in [4.78, 5) is 13.7. The van der Waals surface area contributed by atoms with Crippen LogP contribution < -0.4 is 5.73 Å². The van der Waals surface area contributed by atoms with E-state index in [9.17, 15) is 4.79 Å². The number of hydrogen-bond acceptors (Lipinski definition) is 3. The van der Waals surface area contributed by atoms with E-state index in [1.807, 2.05) is 19.2 Å². The highest BCUT2D eigenvalue weighted by Gasteiger charge is 2.15. The SMILES string of the molecule is COC(CN)CC(=O)N(C)CCc1ccc(Br)cc1. The molecule has 19 heavy (non-hydrogen) atoms. The molecule has 0 aliphatic rings. The van der Waals surface area contributed by atoms with Crippen LogP contribution in [0.2, 0.25) is 0 Å². The molecule has 2 N–H and O–H groups in total. The molecule has 1 aromatic rings. The summed E-state index contributed by atoms with van der Waals surface area (Å²) in [6.07, 6.45) is 0.988. The van der Waals surface area contributed by atoms with E-state index in [0.717, 1.165) is 10.9 Å². The van der Waals surface area contributed by atoms with Crippen molar-refractivity contribution in [1.82, 2.24) is 4.90 Å². The molecule has 0 saturated carbocycles. The number of carbonyl (C=O) groups is 1. The maximum atomic E-state index is 11.9. The maximum Gasteiger partial charge on any atom is 0.224 e. The number of ether oxygens (including phenoxy) is 1. The number of rotatable bonds is 7. The molecular weight excluding hydrogens is 308 g/mol. The van der Waals surface area contributed by atoms with Crippen LogP contribution in [0.3, 0.4) is 0 Å². The van der Waals surface area contributed by atoms with Gasteiger partial charge in [-0.05, 0) is 24.1 Å². The molecule has 0 aliphatic heterocycles. The molecule has 1 rings (SSSR count). The van der Waals surface area contributed by atoms with Crippen molar-refractivity contribution in [3.05, 3.63) is 34.3 Å². The Balaban J connectivity index is 2.39. The molecule has 1 atom stereocenters. The molecule has 106 valence electrons. The second kappa shape index (κ2) is 8.30. The van der Waals surface area contributed by atoms with Gasteiger partial charge in [0.25, 0.3) is 0 Å². The Morgan fingerprint density at radius 1 is 1.42 bits per heavy atom. The molecule has 5 heteroatoms. The maximum absolute atomic E-state index is 11.9. The average Bonchev–Trinajstić information content (AvgIpc) is 2.43. The minimum absolute atomic E-state index is 0.0643. The van der Waals surface area contributed by atoms with E-state index in [4.69, 9.17) is 10.5 Å². The Kier molecular flexibility index (Phi) is 7.05. The third-order valence-corrected chi connectivity index (χ3v) is 3.60. The lowest BCUT2D eigenvalue weighted by atomic mass is 10.1.